The molecule has 0 unspecified atom stereocenters. The largest absolute Gasteiger partial charge is 0.393 e. The number of alkyl halides is 3. The van der Waals surface area contributed by atoms with Crippen molar-refractivity contribution in [3.63, 3.8) is 0 Å². The van der Waals surface area contributed by atoms with Gasteiger partial charge in [0.1, 0.15) is 17.0 Å². The highest BCUT2D eigenvalue weighted by Crippen LogP contribution is 2.35. The summed E-state index contributed by atoms with van der Waals surface area (Å²) in [5.74, 6) is 0.230. The molecule has 1 aliphatic rings. The van der Waals surface area contributed by atoms with Crippen molar-refractivity contribution in [3.8, 4) is 0 Å². The predicted octanol–water partition coefficient (Wildman–Crippen LogP) is 4.04. The minimum Gasteiger partial charge on any atom is -0.366 e. The Morgan fingerprint density at radius 3 is 2.69 bits per heavy atom. The summed E-state index contributed by atoms with van der Waals surface area (Å²) >= 11 is 1.07. The summed E-state index contributed by atoms with van der Waals surface area (Å²) in [4.78, 5) is 22.6. The molecular formula is C22H24F3N5OS. The summed E-state index contributed by atoms with van der Waals surface area (Å²) in [6.07, 6.45) is -0.924. The molecule has 1 aliphatic carbocycles. The fourth-order valence-corrected chi connectivity index (χ4v) is 5.20. The van der Waals surface area contributed by atoms with E-state index in [1.807, 2.05) is 19.2 Å². The van der Waals surface area contributed by atoms with Gasteiger partial charge in [-0.05, 0) is 43.0 Å². The van der Waals surface area contributed by atoms with Crippen molar-refractivity contribution >= 4 is 33.3 Å². The van der Waals surface area contributed by atoms with Crippen molar-refractivity contribution in [2.75, 3.05) is 11.9 Å². The van der Waals surface area contributed by atoms with Crippen LogP contribution in [0.25, 0.3) is 10.2 Å². The van der Waals surface area contributed by atoms with Crippen LogP contribution in [0.3, 0.4) is 0 Å². The Kier molecular flexibility index (Phi) is 6.34. The summed E-state index contributed by atoms with van der Waals surface area (Å²) in [6.45, 7) is 0.684. The number of benzene rings is 1. The molecule has 1 amide bonds. The van der Waals surface area contributed by atoms with Gasteiger partial charge < -0.3 is 16.0 Å². The Balaban J connectivity index is 1.39. The van der Waals surface area contributed by atoms with E-state index in [1.165, 1.54) is 6.33 Å². The first-order valence-corrected chi connectivity index (χ1v) is 11.2. The Bertz CT molecular complexity index is 1100. The second-order valence-electron chi connectivity index (χ2n) is 8.14. The second kappa shape index (κ2) is 9.03. The summed E-state index contributed by atoms with van der Waals surface area (Å²) in [5.41, 5.74) is 6.83. The number of nitrogens with one attached hydrogen (secondary N) is 1. The standard InChI is InChI=1S/C22H24F3N5OS/c1-30(20-18-9-17(10-22(23,24)25)32-21(18)29-12-28-20)16-7-6-15(8-16)27-11-13-2-4-14(5-3-13)19(26)31/h2-5,9,12,15-16,27H,6-8,10-11H2,1H3,(H2,26,31)/t15-,16+/m0/s1. The number of nitrogens with two attached hydrogens (primary N) is 1. The van der Waals surface area contributed by atoms with Gasteiger partial charge in [-0.25, -0.2) is 9.97 Å². The van der Waals surface area contributed by atoms with Gasteiger partial charge in [0.2, 0.25) is 5.91 Å². The average Bonchev–Trinajstić information content (AvgIpc) is 3.37. The number of hydrogen-bond donors (Lipinski definition) is 2. The SMILES string of the molecule is CN(c1ncnc2sc(CC(F)(F)F)cc12)[C@@H]1CC[C@H](NCc2ccc(C(N)=O)cc2)C1. The maximum absolute atomic E-state index is 12.8. The van der Waals surface area contributed by atoms with Crippen LogP contribution in [0.5, 0.6) is 0 Å². The summed E-state index contributed by atoms with van der Waals surface area (Å²) < 4.78 is 38.4. The number of aromatic nitrogens is 2. The van der Waals surface area contributed by atoms with E-state index < -0.39 is 18.5 Å². The Hall–Kier alpha value is -2.72. The van der Waals surface area contributed by atoms with Gasteiger partial charge in [-0.1, -0.05) is 12.1 Å². The highest BCUT2D eigenvalue weighted by atomic mass is 32.1. The Labute approximate surface area is 187 Å². The zero-order valence-corrected chi connectivity index (χ0v) is 18.3. The van der Waals surface area contributed by atoms with E-state index in [9.17, 15) is 18.0 Å². The smallest absolute Gasteiger partial charge is 0.366 e. The molecule has 0 spiro atoms. The number of carbonyl (C=O) groups is 1. The molecule has 0 radical (unpaired) electrons. The highest BCUT2D eigenvalue weighted by molar-refractivity contribution is 7.18. The maximum Gasteiger partial charge on any atom is 0.393 e. The molecule has 1 aromatic carbocycles. The normalized spacial score (nSPS) is 18.9. The predicted molar refractivity (Wildman–Crippen MR) is 119 cm³/mol. The van der Waals surface area contributed by atoms with Gasteiger partial charge >= 0.3 is 6.18 Å². The molecule has 2 atom stereocenters. The number of anilines is 1. The zero-order valence-electron chi connectivity index (χ0n) is 17.5. The van der Waals surface area contributed by atoms with Crippen molar-refractivity contribution in [2.24, 2.45) is 5.73 Å². The minimum atomic E-state index is -4.25. The van der Waals surface area contributed by atoms with E-state index in [-0.39, 0.29) is 10.9 Å². The lowest BCUT2D eigenvalue weighted by Crippen LogP contribution is -2.33. The summed E-state index contributed by atoms with van der Waals surface area (Å²) in [6, 6.07) is 9.33. The van der Waals surface area contributed by atoms with E-state index in [0.717, 1.165) is 36.2 Å². The van der Waals surface area contributed by atoms with Gasteiger partial charge in [-0.2, -0.15) is 13.2 Å². The molecule has 6 nitrogen and oxygen atoms in total. The summed E-state index contributed by atoms with van der Waals surface area (Å²) in [7, 11) is 1.94. The molecule has 3 aromatic rings. The van der Waals surface area contributed by atoms with Gasteiger partial charge in [-0.3, -0.25) is 4.79 Å². The quantitative estimate of drug-likeness (QED) is 0.553. The zero-order chi connectivity index (χ0) is 22.9. The molecule has 1 fully saturated rings. The Morgan fingerprint density at radius 1 is 1.25 bits per heavy atom. The fourth-order valence-electron chi connectivity index (χ4n) is 4.18. The van der Waals surface area contributed by atoms with Crippen LogP contribution in [0.2, 0.25) is 0 Å². The molecule has 0 saturated heterocycles. The number of hydrogen-bond acceptors (Lipinski definition) is 6. The lowest BCUT2D eigenvalue weighted by atomic mass is 10.1. The third-order valence-corrected chi connectivity index (χ3v) is 6.90. The third-order valence-electron chi connectivity index (χ3n) is 5.85. The maximum atomic E-state index is 12.8. The van der Waals surface area contributed by atoms with E-state index in [2.05, 4.69) is 20.2 Å². The molecule has 0 bridgehead atoms. The number of amides is 1. The van der Waals surface area contributed by atoms with Crippen LogP contribution in [0.15, 0.2) is 36.7 Å². The molecule has 1 saturated carbocycles. The van der Waals surface area contributed by atoms with Crippen LogP contribution in [0.1, 0.15) is 40.1 Å². The molecule has 170 valence electrons. The molecule has 10 heteroatoms. The van der Waals surface area contributed by atoms with Gasteiger partial charge in [0.15, 0.2) is 0 Å². The first-order valence-electron chi connectivity index (χ1n) is 10.3. The topological polar surface area (TPSA) is 84.1 Å². The van der Waals surface area contributed by atoms with Crippen molar-refractivity contribution in [3.05, 3.63) is 52.7 Å². The number of thiophene rings is 1. The third kappa shape index (κ3) is 5.18. The van der Waals surface area contributed by atoms with Gasteiger partial charge in [-0.15, -0.1) is 11.3 Å². The summed E-state index contributed by atoms with van der Waals surface area (Å²) in [5, 5.41) is 4.22. The van der Waals surface area contributed by atoms with Gasteiger partial charge in [0, 0.05) is 36.1 Å². The first kappa shape index (κ1) is 22.5. The van der Waals surface area contributed by atoms with E-state index in [4.69, 9.17) is 5.73 Å². The molecule has 32 heavy (non-hydrogen) atoms. The molecule has 2 heterocycles. The van der Waals surface area contributed by atoms with Gasteiger partial charge in [0.05, 0.1) is 11.8 Å². The molecule has 3 N–H and O–H groups in total. The van der Waals surface area contributed by atoms with Crippen molar-refractivity contribution in [1.29, 1.82) is 0 Å². The number of nitrogens with zero attached hydrogens (tertiary/aromatic N) is 3. The van der Waals surface area contributed by atoms with Crippen LogP contribution >= 0.6 is 11.3 Å². The second-order valence-corrected chi connectivity index (χ2v) is 9.25. The fraction of sp³-hybridized carbons (Fsp3) is 0.409. The lowest BCUT2D eigenvalue weighted by molar-refractivity contribution is -0.126. The molecule has 0 aliphatic heterocycles. The highest BCUT2D eigenvalue weighted by Gasteiger charge is 2.31. The number of primary amides is 1. The number of rotatable bonds is 7. The van der Waals surface area contributed by atoms with Crippen LogP contribution in [0.4, 0.5) is 19.0 Å². The lowest BCUT2D eigenvalue weighted by Gasteiger charge is -2.26. The number of halogens is 3. The minimum absolute atomic E-state index is 0.230. The monoisotopic (exact) mass is 463 g/mol. The van der Waals surface area contributed by atoms with Gasteiger partial charge in [0.25, 0.3) is 0 Å². The van der Waals surface area contributed by atoms with E-state index in [1.54, 1.807) is 18.2 Å². The Morgan fingerprint density at radius 2 is 2.00 bits per heavy atom. The molecule has 2 aromatic heterocycles. The van der Waals surface area contributed by atoms with Crippen LogP contribution < -0.4 is 16.0 Å². The van der Waals surface area contributed by atoms with Crippen LogP contribution in [-0.2, 0) is 13.0 Å². The first-order chi connectivity index (χ1) is 15.2. The van der Waals surface area contributed by atoms with Crippen LogP contribution in [-0.4, -0.2) is 41.2 Å². The average molecular weight is 464 g/mol. The van der Waals surface area contributed by atoms with Crippen LogP contribution in [0, 0.1) is 0 Å². The number of carbonyl (C=O) groups excluding carboxylic acids is 1. The van der Waals surface area contributed by atoms with Crippen molar-refractivity contribution < 1.29 is 18.0 Å². The van der Waals surface area contributed by atoms with Crippen molar-refractivity contribution in [2.45, 2.75) is 50.5 Å². The number of fused-ring (bicyclic) bond motifs is 1. The molecular weight excluding hydrogens is 439 g/mol. The van der Waals surface area contributed by atoms with E-state index in [0.29, 0.717) is 34.2 Å². The van der Waals surface area contributed by atoms with E-state index >= 15 is 0 Å². The van der Waals surface area contributed by atoms with Crippen molar-refractivity contribution in [1.82, 2.24) is 15.3 Å². The molecule has 4 rings (SSSR count).